The Bertz CT molecular complexity index is 732. The zero-order valence-corrected chi connectivity index (χ0v) is 16.4. The van der Waals surface area contributed by atoms with Crippen LogP contribution < -0.4 is 4.74 Å². The number of carbonyl (C=O) groups excluding carboxylic acids is 1. The Morgan fingerprint density at radius 1 is 1.14 bits per heavy atom. The van der Waals surface area contributed by atoms with Crippen LogP contribution in [0.3, 0.4) is 0 Å². The highest BCUT2D eigenvalue weighted by Gasteiger charge is 2.27. The van der Waals surface area contributed by atoms with Gasteiger partial charge in [-0.25, -0.2) is 0 Å². The molecule has 28 heavy (non-hydrogen) atoms. The van der Waals surface area contributed by atoms with Gasteiger partial charge in [-0.15, -0.1) is 0 Å². The smallest absolute Gasteiger partial charge is 0.310 e. The lowest BCUT2D eigenvalue weighted by atomic mass is 9.98. The van der Waals surface area contributed by atoms with Crippen LogP contribution in [0.1, 0.15) is 19.8 Å². The first-order valence-electron chi connectivity index (χ1n) is 10.0. The number of carbonyl (C=O) groups is 1. The maximum absolute atomic E-state index is 11.9. The molecule has 2 atom stereocenters. The Morgan fingerprint density at radius 2 is 1.86 bits per heavy atom. The van der Waals surface area contributed by atoms with E-state index in [9.17, 15) is 9.90 Å². The van der Waals surface area contributed by atoms with E-state index >= 15 is 0 Å². The molecule has 0 spiro atoms. The van der Waals surface area contributed by atoms with E-state index in [4.69, 9.17) is 9.47 Å². The van der Waals surface area contributed by atoms with Crippen molar-refractivity contribution in [2.75, 3.05) is 32.8 Å². The summed E-state index contributed by atoms with van der Waals surface area (Å²) < 4.78 is 10.9. The molecular formula is C23H29NO4. The maximum atomic E-state index is 11.9. The summed E-state index contributed by atoms with van der Waals surface area (Å²) in [5.74, 6) is 0.519. The Hall–Kier alpha value is -2.37. The summed E-state index contributed by atoms with van der Waals surface area (Å²) >= 11 is 0. The summed E-state index contributed by atoms with van der Waals surface area (Å²) in [5.41, 5.74) is 2.29. The highest BCUT2D eigenvalue weighted by Crippen LogP contribution is 2.22. The average Bonchev–Trinajstić information content (AvgIpc) is 2.74. The summed E-state index contributed by atoms with van der Waals surface area (Å²) in [6, 6.07) is 18.1. The van der Waals surface area contributed by atoms with Gasteiger partial charge in [0.25, 0.3) is 0 Å². The number of piperidine rings is 1. The summed E-state index contributed by atoms with van der Waals surface area (Å²) in [6.07, 6.45) is 1.20. The number of likely N-dealkylation sites (tertiary alicyclic amines) is 1. The van der Waals surface area contributed by atoms with Gasteiger partial charge in [0.15, 0.2) is 0 Å². The number of aliphatic hydroxyl groups excluding tert-OH is 1. The van der Waals surface area contributed by atoms with Crippen molar-refractivity contribution in [2.24, 2.45) is 5.92 Å². The van der Waals surface area contributed by atoms with Crippen molar-refractivity contribution in [3.63, 3.8) is 0 Å². The van der Waals surface area contributed by atoms with E-state index in [0.29, 0.717) is 19.7 Å². The fourth-order valence-corrected chi connectivity index (χ4v) is 3.59. The second-order valence-corrected chi connectivity index (χ2v) is 7.21. The van der Waals surface area contributed by atoms with Crippen molar-refractivity contribution in [1.29, 1.82) is 0 Å². The molecule has 0 radical (unpaired) electrons. The number of benzene rings is 2. The molecule has 0 saturated carbocycles. The van der Waals surface area contributed by atoms with Gasteiger partial charge in [0.05, 0.1) is 12.5 Å². The molecule has 2 aromatic carbocycles. The van der Waals surface area contributed by atoms with Crippen molar-refractivity contribution in [3.05, 3.63) is 54.6 Å². The first-order valence-corrected chi connectivity index (χ1v) is 10.0. The third-order valence-electron chi connectivity index (χ3n) is 5.00. The fourth-order valence-electron chi connectivity index (χ4n) is 3.59. The lowest BCUT2D eigenvalue weighted by Gasteiger charge is -2.32. The van der Waals surface area contributed by atoms with E-state index in [0.717, 1.165) is 36.3 Å². The van der Waals surface area contributed by atoms with Crippen LogP contribution in [-0.4, -0.2) is 54.9 Å². The number of hydrogen-bond donors (Lipinski definition) is 1. The Balaban J connectivity index is 1.45. The molecule has 1 saturated heterocycles. The predicted molar refractivity (Wildman–Crippen MR) is 109 cm³/mol. The largest absolute Gasteiger partial charge is 0.491 e. The van der Waals surface area contributed by atoms with Gasteiger partial charge in [-0.1, -0.05) is 42.5 Å². The third kappa shape index (κ3) is 5.81. The van der Waals surface area contributed by atoms with Crippen LogP contribution in [0.2, 0.25) is 0 Å². The molecule has 0 aliphatic carbocycles. The highest BCUT2D eigenvalue weighted by atomic mass is 16.5. The molecule has 0 aromatic heterocycles. The minimum absolute atomic E-state index is 0.0904. The van der Waals surface area contributed by atoms with Crippen molar-refractivity contribution in [2.45, 2.75) is 25.9 Å². The summed E-state index contributed by atoms with van der Waals surface area (Å²) in [5, 5.41) is 10.3. The SMILES string of the molecule is CCOC(=O)C1CCCN(CC(O)COc2ccc(-c3ccccc3)cc2)C1. The first-order chi connectivity index (χ1) is 13.7. The standard InChI is InChI=1S/C23H29NO4/c1-2-27-23(26)20-9-6-14-24(15-20)16-21(25)17-28-22-12-10-19(11-13-22)18-7-4-3-5-8-18/h3-5,7-8,10-13,20-21,25H,2,6,9,14-17H2,1H3. The molecule has 5 heteroatoms. The zero-order valence-electron chi connectivity index (χ0n) is 16.4. The van der Waals surface area contributed by atoms with Crippen molar-refractivity contribution in [3.8, 4) is 16.9 Å². The number of β-amino-alcohol motifs (C(OH)–C–C–N with tert-alkyl or cyclic N) is 1. The summed E-state index contributed by atoms with van der Waals surface area (Å²) in [7, 11) is 0. The fraction of sp³-hybridized carbons (Fsp3) is 0.435. The topological polar surface area (TPSA) is 59.0 Å². The molecule has 2 unspecified atom stereocenters. The van der Waals surface area contributed by atoms with E-state index in [1.165, 1.54) is 0 Å². The summed E-state index contributed by atoms with van der Waals surface area (Å²) in [4.78, 5) is 14.1. The molecule has 150 valence electrons. The van der Waals surface area contributed by atoms with Gasteiger partial charge in [0.2, 0.25) is 0 Å². The van der Waals surface area contributed by atoms with Gasteiger partial charge in [0.1, 0.15) is 18.5 Å². The molecule has 1 fully saturated rings. The van der Waals surface area contributed by atoms with Crippen molar-refractivity contribution in [1.82, 2.24) is 4.90 Å². The molecule has 3 rings (SSSR count). The monoisotopic (exact) mass is 383 g/mol. The molecule has 0 amide bonds. The lowest BCUT2D eigenvalue weighted by molar-refractivity contribution is -0.150. The second-order valence-electron chi connectivity index (χ2n) is 7.21. The Kier molecular flexibility index (Phi) is 7.46. The van der Waals surface area contributed by atoms with E-state index in [1.807, 2.05) is 49.4 Å². The number of rotatable bonds is 8. The number of nitrogens with zero attached hydrogens (tertiary/aromatic N) is 1. The molecule has 1 heterocycles. The van der Waals surface area contributed by atoms with Crippen LogP contribution >= 0.6 is 0 Å². The predicted octanol–water partition coefficient (Wildman–Crippen LogP) is 3.37. The minimum atomic E-state index is -0.602. The summed E-state index contributed by atoms with van der Waals surface area (Å²) in [6.45, 7) is 4.49. The van der Waals surface area contributed by atoms with E-state index in [2.05, 4.69) is 17.0 Å². The van der Waals surface area contributed by atoms with E-state index in [-0.39, 0.29) is 18.5 Å². The van der Waals surface area contributed by atoms with Gasteiger partial charge < -0.3 is 14.6 Å². The van der Waals surface area contributed by atoms with Gasteiger partial charge in [-0.05, 0) is 49.6 Å². The van der Waals surface area contributed by atoms with Crippen LogP contribution in [0.15, 0.2) is 54.6 Å². The number of esters is 1. The quantitative estimate of drug-likeness (QED) is 0.709. The number of aliphatic hydroxyl groups is 1. The van der Waals surface area contributed by atoms with Crippen LogP contribution in [0, 0.1) is 5.92 Å². The van der Waals surface area contributed by atoms with Gasteiger partial charge in [-0.2, -0.15) is 0 Å². The molecular weight excluding hydrogens is 354 g/mol. The zero-order chi connectivity index (χ0) is 19.8. The highest BCUT2D eigenvalue weighted by molar-refractivity contribution is 5.72. The van der Waals surface area contributed by atoms with Crippen LogP contribution in [-0.2, 0) is 9.53 Å². The van der Waals surface area contributed by atoms with E-state index < -0.39 is 6.10 Å². The van der Waals surface area contributed by atoms with Crippen molar-refractivity contribution >= 4 is 5.97 Å². The minimum Gasteiger partial charge on any atom is -0.491 e. The van der Waals surface area contributed by atoms with Gasteiger partial charge in [-0.3, -0.25) is 9.69 Å². The van der Waals surface area contributed by atoms with E-state index in [1.54, 1.807) is 0 Å². The third-order valence-corrected chi connectivity index (χ3v) is 5.00. The maximum Gasteiger partial charge on any atom is 0.310 e. The van der Waals surface area contributed by atoms with Gasteiger partial charge in [0, 0.05) is 13.1 Å². The number of ether oxygens (including phenoxy) is 2. The van der Waals surface area contributed by atoms with Gasteiger partial charge >= 0.3 is 5.97 Å². The number of hydrogen-bond acceptors (Lipinski definition) is 5. The molecule has 1 aliphatic heterocycles. The van der Waals surface area contributed by atoms with Crippen LogP contribution in [0.25, 0.3) is 11.1 Å². The molecule has 1 aliphatic rings. The van der Waals surface area contributed by atoms with Crippen molar-refractivity contribution < 1.29 is 19.4 Å². The molecule has 0 bridgehead atoms. The Morgan fingerprint density at radius 3 is 2.57 bits per heavy atom. The van der Waals surface area contributed by atoms with Crippen LogP contribution in [0.5, 0.6) is 5.75 Å². The van der Waals surface area contributed by atoms with Crippen LogP contribution in [0.4, 0.5) is 0 Å². The average molecular weight is 383 g/mol. The molecule has 1 N–H and O–H groups in total. The molecule has 2 aromatic rings. The second kappa shape index (κ2) is 10.2. The lowest BCUT2D eigenvalue weighted by Crippen LogP contribution is -2.44. The normalized spacial score (nSPS) is 18.4. The molecule has 5 nitrogen and oxygen atoms in total. The Labute approximate surface area is 166 Å². The first kappa shape index (κ1) is 20.4.